The van der Waals surface area contributed by atoms with Crippen LogP contribution in [0.5, 0.6) is 5.75 Å². The molecule has 1 atom stereocenters. The number of carbonyl (C=O) groups is 2. The van der Waals surface area contributed by atoms with Crippen molar-refractivity contribution in [3.8, 4) is 17.4 Å². The Hall–Kier alpha value is -3.62. The molecule has 29 heavy (non-hydrogen) atoms. The zero-order chi connectivity index (χ0) is 20.4. The van der Waals surface area contributed by atoms with E-state index in [0.717, 1.165) is 5.56 Å². The molecular formula is C20H19N3O6. The number of nitrogens with zero attached hydrogens (tertiary/aromatic N) is 3. The third-order valence-corrected chi connectivity index (χ3v) is 4.62. The highest BCUT2D eigenvalue weighted by Crippen LogP contribution is 2.34. The third kappa shape index (κ3) is 3.84. The molecule has 1 amide bonds. The SMILES string of the molecule is COc1ccc(C)cc1N1C[C@@H](C(=O)OCc2nnc(-c3ccco3)o2)CC1=O. The summed E-state index contributed by atoms with van der Waals surface area (Å²) in [6.45, 7) is 1.97. The molecule has 3 heterocycles. The minimum atomic E-state index is -0.583. The van der Waals surface area contributed by atoms with Crippen LogP contribution >= 0.6 is 0 Å². The first-order valence-corrected chi connectivity index (χ1v) is 9.03. The topological polar surface area (TPSA) is 108 Å². The first-order chi connectivity index (χ1) is 14.0. The van der Waals surface area contributed by atoms with Gasteiger partial charge in [0, 0.05) is 13.0 Å². The predicted molar refractivity (Wildman–Crippen MR) is 100.0 cm³/mol. The molecule has 0 bridgehead atoms. The van der Waals surface area contributed by atoms with Crippen molar-refractivity contribution in [2.45, 2.75) is 20.0 Å². The smallest absolute Gasteiger partial charge is 0.311 e. The predicted octanol–water partition coefficient (Wildman–Crippen LogP) is 2.74. The second-order valence-electron chi connectivity index (χ2n) is 6.67. The molecule has 1 saturated heterocycles. The van der Waals surface area contributed by atoms with Gasteiger partial charge in [-0.15, -0.1) is 10.2 Å². The molecule has 2 aromatic heterocycles. The van der Waals surface area contributed by atoms with Crippen LogP contribution in [-0.2, 0) is 20.9 Å². The number of furan rings is 1. The van der Waals surface area contributed by atoms with E-state index >= 15 is 0 Å². The lowest BCUT2D eigenvalue weighted by molar-refractivity contribution is -0.150. The Labute approximate surface area is 166 Å². The summed E-state index contributed by atoms with van der Waals surface area (Å²) in [5, 5.41) is 7.68. The van der Waals surface area contributed by atoms with E-state index in [4.69, 9.17) is 18.3 Å². The molecule has 1 aliphatic heterocycles. The molecule has 1 fully saturated rings. The number of benzene rings is 1. The molecule has 9 nitrogen and oxygen atoms in total. The summed E-state index contributed by atoms with van der Waals surface area (Å²) >= 11 is 0. The quantitative estimate of drug-likeness (QED) is 0.584. The van der Waals surface area contributed by atoms with Gasteiger partial charge in [-0.05, 0) is 36.8 Å². The van der Waals surface area contributed by atoms with Crippen molar-refractivity contribution in [2.24, 2.45) is 5.92 Å². The molecule has 3 aromatic rings. The summed E-state index contributed by atoms with van der Waals surface area (Å²) in [5.41, 5.74) is 1.64. The molecule has 1 aromatic carbocycles. The van der Waals surface area contributed by atoms with Crippen molar-refractivity contribution in [1.82, 2.24) is 10.2 Å². The van der Waals surface area contributed by atoms with Crippen molar-refractivity contribution < 1.29 is 27.9 Å². The van der Waals surface area contributed by atoms with Crippen molar-refractivity contribution in [3.05, 3.63) is 48.0 Å². The Bertz CT molecular complexity index is 1030. The van der Waals surface area contributed by atoms with E-state index in [9.17, 15) is 9.59 Å². The third-order valence-electron chi connectivity index (χ3n) is 4.62. The fraction of sp³-hybridized carbons (Fsp3) is 0.300. The lowest BCUT2D eigenvalue weighted by Gasteiger charge is -2.20. The van der Waals surface area contributed by atoms with E-state index in [-0.39, 0.29) is 37.3 Å². The van der Waals surface area contributed by atoms with E-state index in [2.05, 4.69) is 10.2 Å². The van der Waals surface area contributed by atoms with Gasteiger partial charge in [0.1, 0.15) is 5.75 Å². The van der Waals surface area contributed by atoms with E-state index in [0.29, 0.717) is 17.2 Å². The second-order valence-corrected chi connectivity index (χ2v) is 6.67. The number of aryl methyl sites for hydroxylation is 1. The standard InChI is InChI=1S/C20H19N3O6/c1-12-5-6-15(26-2)14(8-12)23-10-13(9-18(23)24)20(25)28-11-17-21-22-19(29-17)16-4-3-7-27-16/h3-8,13H,9-11H2,1-2H3/t13-/m0/s1. The molecule has 0 saturated carbocycles. The first kappa shape index (κ1) is 18.7. The molecule has 0 spiro atoms. The zero-order valence-electron chi connectivity index (χ0n) is 16.0. The zero-order valence-corrected chi connectivity index (χ0v) is 16.0. The summed E-state index contributed by atoms with van der Waals surface area (Å²) in [6, 6.07) is 8.94. The molecular weight excluding hydrogens is 378 g/mol. The Morgan fingerprint density at radius 2 is 2.17 bits per heavy atom. The summed E-state index contributed by atoms with van der Waals surface area (Å²) in [4.78, 5) is 26.5. The van der Waals surface area contributed by atoms with E-state index < -0.39 is 11.9 Å². The molecule has 0 N–H and O–H groups in total. The van der Waals surface area contributed by atoms with Crippen LogP contribution in [0.2, 0.25) is 0 Å². The summed E-state index contributed by atoms with van der Waals surface area (Å²) in [7, 11) is 1.54. The summed E-state index contributed by atoms with van der Waals surface area (Å²) < 4.78 is 21.2. The average Bonchev–Trinajstić information content (AvgIpc) is 3.46. The van der Waals surface area contributed by atoms with Gasteiger partial charge in [-0.3, -0.25) is 9.59 Å². The minimum absolute atomic E-state index is 0.0669. The minimum Gasteiger partial charge on any atom is -0.495 e. The maximum Gasteiger partial charge on any atom is 0.311 e. The lowest BCUT2D eigenvalue weighted by atomic mass is 10.1. The number of ether oxygens (including phenoxy) is 2. The summed E-state index contributed by atoms with van der Waals surface area (Å²) in [6.07, 6.45) is 1.56. The number of hydrogen-bond donors (Lipinski definition) is 0. The van der Waals surface area contributed by atoms with E-state index in [1.54, 1.807) is 30.2 Å². The maximum atomic E-state index is 12.5. The fourth-order valence-corrected chi connectivity index (χ4v) is 3.17. The molecule has 1 aliphatic rings. The van der Waals surface area contributed by atoms with Gasteiger partial charge in [0.2, 0.25) is 5.91 Å². The van der Waals surface area contributed by atoms with Gasteiger partial charge >= 0.3 is 5.97 Å². The van der Waals surface area contributed by atoms with Crippen molar-refractivity contribution in [3.63, 3.8) is 0 Å². The van der Waals surface area contributed by atoms with Crippen LogP contribution in [0.4, 0.5) is 5.69 Å². The fourth-order valence-electron chi connectivity index (χ4n) is 3.17. The van der Waals surface area contributed by atoms with Gasteiger partial charge in [0.25, 0.3) is 11.8 Å². The van der Waals surface area contributed by atoms with Gasteiger partial charge in [0.15, 0.2) is 12.4 Å². The highest BCUT2D eigenvalue weighted by atomic mass is 16.5. The van der Waals surface area contributed by atoms with Crippen LogP contribution in [0.15, 0.2) is 45.4 Å². The largest absolute Gasteiger partial charge is 0.495 e. The summed E-state index contributed by atoms with van der Waals surface area (Å²) in [5.74, 6) is 0.119. The van der Waals surface area contributed by atoms with Gasteiger partial charge < -0.3 is 23.2 Å². The molecule has 4 rings (SSSR count). The number of rotatable bonds is 6. The highest BCUT2D eigenvalue weighted by molar-refractivity contribution is 6.00. The van der Waals surface area contributed by atoms with Gasteiger partial charge in [-0.1, -0.05) is 6.07 Å². The van der Waals surface area contributed by atoms with Crippen LogP contribution in [0, 0.1) is 12.8 Å². The number of esters is 1. The van der Waals surface area contributed by atoms with Crippen LogP contribution < -0.4 is 9.64 Å². The molecule has 0 radical (unpaired) electrons. The Kier molecular flexibility index (Phi) is 5.03. The molecule has 150 valence electrons. The molecule has 0 unspecified atom stereocenters. The molecule has 9 heteroatoms. The normalized spacial score (nSPS) is 16.3. The number of methoxy groups -OCH3 is 1. The van der Waals surface area contributed by atoms with Crippen LogP contribution in [-0.4, -0.2) is 35.7 Å². The van der Waals surface area contributed by atoms with Crippen LogP contribution in [0.3, 0.4) is 0 Å². The van der Waals surface area contributed by atoms with Crippen molar-refractivity contribution in [2.75, 3.05) is 18.6 Å². The maximum absolute atomic E-state index is 12.5. The van der Waals surface area contributed by atoms with Gasteiger partial charge in [0.05, 0.1) is 25.0 Å². The Morgan fingerprint density at radius 1 is 1.31 bits per heavy atom. The number of anilines is 1. The van der Waals surface area contributed by atoms with Gasteiger partial charge in [-0.25, -0.2) is 0 Å². The number of hydrogen-bond acceptors (Lipinski definition) is 8. The van der Waals surface area contributed by atoms with Crippen LogP contribution in [0.25, 0.3) is 11.7 Å². The number of aromatic nitrogens is 2. The second kappa shape index (κ2) is 7.78. The van der Waals surface area contributed by atoms with E-state index in [1.807, 2.05) is 19.1 Å². The lowest BCUT2D eigenvalue weighted by Crippen LogP contribution is -2.27. The Balaban J connectivity index is 1.39. The van der Waals surface area contributed by atoms with E-state index in [1.165, 1.54) is 6.26 Å². The van der Waals surface area contributed by atoms with Crippen molar-refractivity contribution >= 4 is 17.6 Å². The van der Waals surface area contributed by atoms with Crippen molar-refractivity contribution in [1.29, 1.82) is 0 Å². The monoisotopic (exact) mass is 397 g/mol. The average molecular weight is 397 g/mol. The number of carbonyl (C=O) groups excluding carboxylic acids is 2. The Morgan fingerprint density at radius 3 is 2.93 bits per heavy atom. The highest BCUT2D eigenvalue weighted by Gasteiger charge is 2.37. The molecule has 0 aliphatic carbocycles. The first-order valence-electron chi connectivity index (χ1n) is 9.03. The van der Waals surface area contributed by atoms with Gasteiger partial charge in [-0.2, -0.15) is 0 Å². The number of amides is 1. The van der Waals surface area contributed by atoms with Crippen LogP contribution in [0.1, 0.15) is 17.9 Å².